The minimum absolute atomic E-state index is 0.855. The van der Waals surface area contributed by atoms with Crippen LogP contribution in [0, 0.1) is 0 Å². The first-order valence-electron chi connectivity index (χ1n) is 6.48. The van der Waals surface area contributed by atoms with E-state index in [-0.39, 0.29) is 0 Å². The van der Waals surface area contributed by atoms with Crippen molar-refractivity contribution in [2.45, 2.75) is 32.9 Å². The Balaban J connectivity index is 1.80. The Morgan fingerprint density at radius 3 is 3.11 bits per heavy atom. The highest BCUT2D eigenvalue weighted by atomic mass is 15.0. The van der Waals surface area contributed by atoms with Crippen molar-refractivity contribution in [1.82, 2.24) is 19.9 Å². The molecule has 0 aliphatic heterocycles. The smallest absolute Gasteiger partial charge is 0.0950 e. The molecule has 96 valence electrons. The number of aromatic nitrogens is 3. The van der Waals surface area contributed by atoms with Crippen LogP contribution < -0.4 is 5.32 Å². The second-order valence-corrected chi connectivity index (χ2v) is 4.39. The van der Waals surface area contributed by atoms with Gasteiger partial charge in [-0.25, -0.2) is 4.98 Å². The molecule has 4 nitrogen and oxygen atoms in total. The van der Waals surface area contributed by atoms with Crippen LogP contribution in [-0.2, 0) is 19.5 Å². The Morgan fingerprint density at radius 1 is 1.39 bits per heavy atom. The van der Waals surface area contributed by atoms with Crippen LogP contribution in [0.2, 0.25) is 0 Å². The van der Waals surface area contributed by atoms with Crippen LogP contribution in [-0.4, -0.2) is 21.1 Å². The summed E-state index contributed by atoms with van der Waals surface area (Å²) in [7, 11) is 0. The second kappa shape index (κ2) is 6.91. The van der Waals surface area contributed by atoms with E-state index >= 15 is 0 Å². The van der Waals surface area contributed by atoms with Crippen molar-refractivity contribution < 1.29 is 0 Å². The van der Waals surface area contributed by atoms with Gasteiger partial charge in [0.15, 0.2) is 0 Å². The lowest BCUT2D eigenvalue weighted by molar-refractivity contribution is 0.662. The van der Waals surface area contributed by atoms with Crippen molar-refractivity contribution in [2.75, 3.05) is 6.54 Å². The van der Waals surface area contributed by atoms with E-state index in [1.54, 1.807) is 6.20 Å². The zero-order valence-corrected chi connectivity index (χ0v) is 10.8. The first kappa shape index (κ1) is 12.8. The van der Waals surface area contributed by atoms with Crippen LogP contribution in [0.25, 0.3) is 0 Å². The van der Waals surface area contributed by atoms with Gasteiger partial charge in [-0.05, 0) is 31.0 Å². The summed E-state index contributed by atoms with van der Waals surface area (Å²) in [6.45, 7) is 5.02. The van der Waals surface area contributed by atoms with E-state index in [0.717, 1.165) is 38.2 Å². The van der Waals surface area contributed by atoms with Gasteiger partial charge >= 0.3 is 0 Å². The number of aryl methyl sites for hydroxylation is 2. The number of pyridine rings is 1. The zero-order chi connectivity index (χ0) is 12.6. The third-order valence-corrected chi connectivity index (χ3v) is 2.80. The molecule has 0 radical (unpaired) electrons. The average Bonchev–Trinajstić information content (AvgIpc) is 2.86. The molecule has 0 bridgehead atoms. The highest BCUT2D eigenvalue weighted by Gasteiger charge is 1.99. The summed E-state index contributed by atoms with van der Waals surface area (Å²) >= 11 is 0. The number of hydrogen-bond donors (Lipinski definition) is 1. The van der Waals surface area contributed by atoms with Gasteiger partial charge in [0, 0.05) is 31.7 Å². The second-order valence-electron chi connectivity index (χ2n) is 4.39. The fourth-order valence-corrected chi connectivity index (χ4v) is 1.82. The van der Waals surface area contributed by atoms with Gasteiger partial charge in [0.05, 0.1) is 12.0 Å². The molecule has 4 heteroatoms. The zero-order valence-electron chi connectivity index (χ0n) is 10.8. The lowest BCUT2D eigenvalue weighted by Crippen LogP contribution is -2.13. The summed E-state index contributed by atoms with van der Waals surface area (Å²) in [5.41, 5.74) is 2.37. The van der Waals surface area contributed by atoms with Gasteiger partial charge in [-0.2, -0.15) is 0 Å². The number of nitrogens with zero attached hydrogens (tertiary/aromatic N) is 3. The maximum Gasteiger partial charge on any atom is 0.0950 e. The Morgan fingerprint density at radius 2 is 2.33 bits per heavy atom. The predicted molar refractivity (Wildman–Crippen MR) is 72.2 cm³/mol. The molecule has 0 spiro atoms. The van der Waals surface area contributed by atoms with Crippen molar-refractivity contribution in [3.63, 3.8) is 0 Å². The Kier molecular flexibility index (Phi) is 4.90. The molecule has 2 aromatic heterocycles. The van der Waals surface area contributed by atoms with Gasteiger partial charge in [-0.15, -0.1) is 0 Å². The molecular weight excluding hydrogens is 224 g/mol. The minimum atomic E-state index is 0.855. The van der Waals surface area contributed by atoms with Crippen LogP contribution in [0.4, 0.5) is 0 Å². The van der Waals surface area contributed by atoms with Crippen LogP contribution >= 0.6 is 0 Å². The van der Waals surface area contributed by atoms with Crippen molar-refractivity contribution in [3.8, 4) is 0 Å². The third kappa shape index (κ3) is 3.96. The summed E-state index contributed by atoms with van der Waals surface area (Å²) in [5, 5.41) is 3.35. The van der Waals surface area contributed by atoms with Gasteiger partial charge in [0.1, 0.15) is 0 Å². The minimum Gasteiger partial charge on any atom is -0.337 e. The van der Waals surface area contributed by atoms with Crippen LogP contribution in [0.15, 0.2) is 37.1 Å². The van der Waals surface area contributed by atoms with E-state index in [9.17, 15) is 0 Å². The van der Waals surface area contributed by atoms with Crippen LogP contribution in [0.5, 0.6) is 0 Å². The van der Waals surface area contributed by atoms with Gasteiger partial charge in [-0.1, -0.05) is 13.0 Å². The lowest BCUT2D eigenvalue weighted by Gasteiger charge is -2.02. The quantitative estimate of drug-likeness (QED) is 0.758. The van der Waals surface area contributed by atoms with Crippen molar-refractivity contribution in [1.29, 1.82) is 0 Å². The number of nitrogens with one attached hydrogen (secondary N) is 1. The van der Waals surface area contributed by atoms with E-state index in [1.165, 1.54) is 5.56 Å². The molecule has 0 saturated carbocycles. The molecule has 0 fully saturated rings. The molecule has 0 aliphatic carbocycles. The fraction of sp³-hybridized carbons (Fsp3) is 0.429. The van der Waals surface area contributed by atoms with E-state index in [1.807, 2.05) is 18.6 Å². The normalized spacial score (nSPS) is 10.7. The predicted octanol–water partition coefficient (Wildman–Crippen LogP) is 2.02. The first-order chi connectivity index (χ1) is 8.88. The van der Waals surface area contributed by atoms with Gasteiger partial charge in [0.2, 0.25) is 0 Å². The highest BCUT2D eigenvalue weighted by molar-refractivity contribution is 5.08. The van der Waals surface area contributed by atoms with Gasteiger partial charge in [0.25, 0.3) is 0 Å². The number of rotatable bonds is 7. The summed E-state index contributed by atoms with van der Waals surface area (Å²) < 4.78 is 2.13. The summed E-state index contributed by atoms with van der Waals surface area (Å²) in [4.78, 5) is 8.50. The molecule has 0 aliphatic rings. The maximum atomic E-state index is 4.39. The molecule has 1 N–H and O–H groups in total. The summed E-state index contributed by atoms with van der Waals surface area (Å²) in [6, 6.07) is 4.08. The number of imidazole rings is 1. The molecular formula is C14H20N4. The Bertz CT molecular complexity index is 450. The summed E-state index contributed by atoms with van der Waals surface area (Å²) in [6.07, 6.45) is 9.88. The standard InChI is InChI=1S/C14H20N4/c1-2-6-15-10-14-11-18(12-17-14)8-5-13-4-3-7-16-9-13/h3-4,7,9,11-12,15H,2,5-6,8,10H2,1H3. The molecule has 0 saturated heterocycles. The topological polar surface area (TPSA) is 42.7 Å². The fourth-order valence-electron chi connectivity index (χ4n) is 1.82. The van der Waals surface area contributed by atoms with Gasteiger partial charge in [-0.3, -0.25) is 4.98 Å². The molecule has 0 unspecified atom stereocenters. The van der Waals surface area contributed by atoms with E-state index in [0.29, 0.717) is 0 Å². The van der Waals surface area contributed by atoms with Crippen LogP contribution in [0.3, 0.4) is 0 Å². The van der Waals surface area contributed by atoms with Crippen molar-refractivity contribution >= 4 is 0 Å². The van der Waals surface area contributed by atoms with E-state index in [4.69, 9.17) is 0 Å². The van der Waals surface area contributed by atoms with E-state index < -0.39 is 0 Å². The molecule has 2 rings (SSSR count). The average molecular weight is 244 g/mol. The third-order valence-electron chi connectivity index (χ3n) is 2.80. The van der Waals surface area contributed by atoms with E-state index in [2.05, 4.69) is 39.0 Å². The van der Waals surface area contributed by atoms with Crippen molar-refractivity contribution in [2.24, 2.45) is 0 Å². The maximum absolute atomic E-state index is 4.39. The molecule has 2 heterocycles. The highest BCUT2D eigenvalue weighted by Crippen LogP contribution is 2.01. The monoisotopic (exact) mass is 244 g/mol. The van der Waals surface area contributed by atoms with Crippen molar-refractivity contribution in [3.05, 3.63) is 48.3 Å². The van der Waals surface area contributed by atoms with Gasteiger partial charge < -0.3 is 9.88 Å². The molecule has 0 amide bonds. The largest absolute Gasteiger partial charge is 0.337 e. The Hall–Kier alpha value is -1.68. The SMILES string of the molecule is CCCNCc1cn(CCc2cccnc2)cn1. The summed E-state index contributed by atoms with van der Waals surface area (Å²) in [5.74, 6) is 0. The molecule has 0 aromatic carbocycles. The Labute approximate surface area is 108 Å². The molecule has 2 aromatic rings. The number of hydrogen-bond acceptors (Lipinski definition) is 3. The lowest BCUT2D eigenvalue weighted by atomic mass is 10.2. The molecule has 0 atom stereocenters. The first-order valence-corrected chi connectivity index (χ1v) is 6.48. The molecule has 18 heavy (non-hydrogen) atoms. The van der Waals surface area contributed by atoms with Crippen LogP contribution in [0.1, 0.15) is 24.6 Å².